The van der Waals surface area contributed by atoms with Gasteiger partial charge >= 0.3 is 5.97 Å². The van der Waals surface area contributed by atoms with Crippen molar-refractivity contribution in [2.75, 3.05) is 12.4 Å². The molecule has 0 aromatic heterocycles. The maximum atomic E-state index is 10.6. The lowest BCUT2D eigenvalue weighted by molar-refractivity contribution is -0.143. The van der Waals surface area contributed by atoms with Crippen LogP contribution in [0.1, 0.15) is 19.8 Å². The van der Waals surface area contributed by atoms with Crippen molar-refractivity contribution in [1.82, 2.24) is 0 Å². The lowest BCUT2D eigenvalue weighted by atomic mass is 10.3. The van der Waals surface area contributed by atoms with Gasteiger partial charge in [0.1, 0.15) is 12.4 Å². The Morgan fingerprint density at radius 2 is 2.00 bits per heavy atom. The second-order valence-corrected chi connectivity index (χ2v) is 3.83. The molecule has 0 aromatic rings. The van der Waals surface area contributed by atoms with E-state index in [-0.39, 0.29) is 36.1 Å². The SMILES string of the molecule is CCCC(=O)OCCS(=O)(=O)O.[Mg]. The van der Waals surface area contributed by atoms with Gasteiger partial charge in [0.05, 0.1) is 0 Å². The Kier molecular flexibility index (Phi) is 9.06. The number of hydrogen-bond acceptors (Lipinski definition) is 4. The second kappa shape index (κ2) is 7.54. The number of hydrogen-bond donors (Lipinski definition) is 1. The Morgan fingerprint density at radius 1 is 1.46 bits per heavy atom. The Labute approximate surface area is 93.7 Å². The molecule has 0 aliphatic heterocycles. The number of ether oxygens (including phenoxy) is 1. The molecule has 0 spiro atoms. The van der Waals surface area contributed by atoms with E-state index in [2.05, 4.69) is 4.74 Å². The summed E-state index contributed by atoms with van der Waals surface area (Å²) in [6.07, 6.45) is 0.927. The summed E-state index contributed by atoms with van der Waals surface area (Å²) in [6, 6.07) is 0. The van der Waals surface area contributed by atoms with Gasteiger partial charge in [-0.05, 0) is 6.42 Å². The zero-order chi connectivity index (χ0) is 9.61. The Balaban J connectivity index is 0. The molecule has 0 unspecified atom stereocenters. The van der Waals surface area contributed by atoms with Crippen LogP contribution in [-0.4, -0.2) is 54.4 Å². The molecular formula is C6H12MgO5S. The number of rotatable bonds is 5. The Morgan fingerprint density at radius 3 is 2.38 bits per heavy atom. The van der Waals surface area contributed by atoms with Crippen molar-refractivity contribution in [2.45, 2.75) is 19.8 Å². The molecule has 0 aromatic carbocycles. The largest absolute Gasteiger partial charge is 0.464 e. The lowest BCUT2D eigenvalue weighted by Crippen LogP contribution is -2.14. The maximum absolute atomic E-state index is 10.6. The summed E-state index contributed by atoms with van der Waals surface area (Å²) in [5.41, 5.74) is 0. The highest BCUT2D eigenvalue weighted by Gasteiger charge is 2.06. The minimum atomic E-state index is -4.01. The van der Waals surface area contributed by atoms with E-state index in [1.165, 1.54) is 0 Å². The first-order chi connectivity index (χ1) is 5.45. The molecular weight excluding hydrogens is 208 g/mol. The van der Waals surface area contributed by atoms with Gasteiger partial charge in [-0.1, -0.05) is 6.92 Å². The van der Waals surface area contributed by atoms with Crippen LogP contribution in [0.5, 0.6) is 0 Å². The normalized spacial score (nSPS) is 10.3. The van der Waals surface area contributed by atoms with Crippen LogP contribution >= 0.6 is 0 Å². The fraction of sp³-hybridized carbons (Fsp3) is 0.833. The molecule has 0 saturated heterocycles. The van der Waals surface area contributed by atoms with Crippen molar-refractivity contribution in [2.24, 2.45) is 0 Å². The maximum Gasteiger partial charge on any atom is 0.305 e. The van der Waals surface area contributed by atoms with Crippen LogP contribution in [-0.2, 0) is 19.6 Å². The third-order valence-electron chi connectivity index (χ3n) is 1.06. The average Bonchev–Trinajstić information content (AvgIpc) is 1.84. The quantitative estimate of drug-likeness (QED) is 0.395. The molecule has 0 aliphatic rings. The van der Waals surface area contributed by atoms with E-state index in [9.17, 15) is 13.2 Å². The summed E-state index contributed by atoms with van der Waals surface area (Å²) >= 11 is 0. The Bertz CT molecular complexity index is 235. The van der Waals surface area contributed by atoms with Crippen LogP contribution in [0.2, 0.25) is 0 Å². The van der Waals surface area contributed by atoms with E-state index in [0.717, 1.165) is 0 Å². The third-order valence-corrected chi connectivity index (χ3v) is 1.74. The molecule has 0 heterocycles. The minimum Gasteiger partial charge on any atom is -0.464 e. The van der Waals surface area contributed by atoms with Gasteiger partial charge < -0.3 is 4.74 Å². The molecule has 7 heteroatoms. The first-order valence-electron chi connectivity index (χ1n) is 3.56. The first kappa shape index (κ1) is 15.6. The predicted molar refractivity (Wildman–Crippen MR) is 48.0 cm³/mol. The minimum absolute atomic E-state index is 0. The van der Waals surface area contributed by atoms with E-state index in [1.807, 2.05) is 6.92 Å². The fourth-order valence-corrected chi connectivity index (χ4v) is 0.831. The van der Waals surface area contributed by atoms with Crippen molar-refractivity contribution >= 4 is 39.1 Å². The zero-order valence-corrected chi connectivity index (χ0v) is 9.75. The summed E-state index contributed by atoms with van der Waals surface area (Å²) in [6.45, 7) is 1.53. The van der Waals surface area contributed by atoms with Crippen LogP contribution in [0.25, 0.3) is 0 Å². The molecule has 74 valence electrons. The van der Waals surface area contributed by atoms with E-state index < -0.39 is 21.8 Å². The Hall–Kier alpha value is 0.146. The van der Waals surface area contributed by atoms with Crippen LogP contribution in [0.3, 0.4) is 0 Å². The van der Waals surface area contributed by atoms with Crippen LogP contribution in [0, 0.1) is 0 Å². The monoisotopic (exact) mass is 220 g/mol. The highest BCUT2D eigenvalue weighted by Crippen LogP contribution is 1.91. The van der Waals surface area contributed by atoms with Crippen molar-refractivity contribution < 1.29 is 22.5 Å². The molecule has 0 bridgehead atoms. The molecule has 2 radical (unpaired) electrons. The smallest absolute Gasteiger partial charge is 0.305 e. The van der Waals surface area contributed by atoms with E-state index in [0.29, 0.717) is 6.42 Å². The molecule has 0 aliphatic carbocycles. The van der Waals surface area contributed by atoms with Crippen molar-refractivity contribution in [3.63, 3.8) is 0 Å². The van der Waals surface area contributed by atoms with Gasteiger partial charge in [-0.15, -0.1) is 0 Å². The fourth-order valence-electron chi connectivity index (χ4n) is 0.537. The average molecular weight is 221 g/mol. The van der Waals surface area contributed by atoms with Crippen molar-refractivity contribution in [1.29, 1.82) is 0 Å². The molecule has 0 fully saturated rings. The summed E-state index contributed by atoms with van der Waals surface area (Å²) < 4.78 is 33.0. The van der Waals surface area contributed by atoms with E-state index in [1.54, 1.807) is 0 Å². The van der Waals surface area contributed by atoms with Gasteiger partial charge in [0.25, 0.3) is 10.1 Å². The number of carbonyl (C=O) groups excluding carboxylic acids is 1. The van der Waals surface area contributed by atoms with Gasteiger partial charge in [-0.25, -0.2) is 0 Å². The highest BCUT2D eigenvalue weighted by molar-refractivity contribution is 7.85. The molecule has 5 nitrogen and oxygen atoms in total. The summed E-state index contributed by atoms with van der Waals surface area (Å²) in [4.78, 5) is 10.6. The van der Waals surface area contributed by atoms with Gasteiger partial charge in [0.15, 0.2) is 0 Å². The topological polar surface area (TPSA) is 80.7 Å². The van der Waals surface area contributed by atoms with Gasteiger partial charge in [-0.2, -0.15) is 8.42 Å². The van der Waals surface area contributed by atoms with E-state index in [4.69, 9.17) is 4.55 Å². The van der Waals surface area contributed by atoms with Gasteiger partial charge in [0.2, 0.25) is 0 Å². The predicted octanol–water partition coefficient (Wildman–Crippen LogP) is -0.163. The molecule has 0 amide bonds. The van der Waals surface area contributed by atoms with Gasteiger partial charge in [-0.3, -0.25) is 9.35 Å². The highest BCUT2D eigenvalue weighted by atomic mass is 32.2. The zero-order valence-electron chi connectivity index (χ0n) is 7.52. The summed E-state index contributed by atoms with van der Waals surface area (Å²) in [5.74, 6) is -0.983. The molecule has 1 N–H and O–H groups in total. The van der Waals surface area contributed by atoms with Crippen molar-refractivity contribution in [3.8, 4) is 0 Å². The summed E-state index contributed by atoms with van der Waals surface area (Å²) in [7, 11) is -4.01. The molecule has 13 heavy (non-hydrogen) atoms. The van der Waals surface area contributed by atoms with Crippen LogP contribution in [0.15, 0.2) is 0 Å². The first-order valence-corrected chi connectivity index (χ1v) is 5.17. The number of esters is 1. The molecule has 0 atom stereocenters. The lowest BCUT2D eigenvalue weighted by Gasteiger charge is -2.00. The van der Waals surface area contributed by atoms with Crippen LogP contribution in [0.4, 0.5) is 0 Å². The van der Waals surface area contributed by atoms with Crippen molar-refractivity contribution in [3.05, 3.63) is 0 Å². The van der Waals surface area contributed by atoms with E-state index >= 15 is 0 Å². The number of carbonyl (C=O) groups is 1. The summed E-state index contributed by atoms with van der Waals surface area (Å²) in [5, 5.41) is 0. The standard InChI is InChI=1S/C6H12O5S.Mg/c1-2-3-6(7)11-4-5-12(8,9)10;/h2-5H2,1H3,(H,8,9,10);. The second-order valence-electron chi connectivity index (χ2n) is 2.26. The third kappa shape index (κ3) is 12.1. The van der Waals surface area contributed by atoms with Crippen LogP contribution < -0.4 is 0 Å². The molecule has 0 rings (SSSR count). The molecule has 0 saturated carbocycles. The van der Waals surface area contributed by atoms with Gasteiger partial charge in [0, 0.05) is 29.5 Å².